The largest absolute Gasteiger partial charge is 0.387 e. The van der Waals surface area contributed by atoms with Crippen LogP contribution in [0, 0.1) is 16.3 Å². The lowest BCUT2D eigenvalue weighted by molar-refractivity contribution is 0.176. The lowest BCUT2D eigenvalue weighted by Crippen LogP contribution is -2.00. The summed E-state index contributed by atoms with van der Waals surface area (Å²) in [5.74, 6) is -0.306. The molecular weight excluding hydrogens is 332 g/mol. The molecule has 0 fully saturated rings. The first kappa shape index (κ1) is 11.3. The quantitative estimate of drug-likeness (QED) is 0.745. The number of aliphatic hydroxyl groups excluding tert-OH is 1. The maximum atomic E-state index is 13.9. The van der Waals surface area contributed by atoms with Crippen molar-refractivity contribution in [2.24, 2.45) is 0 Å². The fourth-order valence-corrected chi connectivity index (χ4v) is 3.37. The van der Waals surface area contributed by atoms with E-state index in [0.717, 1.165) is 26.5 Å². The molecule has 1 N–H and O–H groups in total. The Hall–Kier alpha value is -0.750. The van der Waals surface area contributed by atoms with Gasteiger partial charge in [0.15, 0.2) is 0 Å². The van der Waals surface area contributed by atoms with Gasteiger partial charge in [0, 0.05) is 8.96 Å². The van der Waals surface area contributed by atoms with E-state index in [9.17, 15) is 9.50 Å². The molecule has 0 spiro atoms. The zero-order valence-corrected chi connectivity index (χ0v) is 11.5. The van der Waals surface area contributed by atoms with Crippen molar-refractivity contribution in [1.29, 1.82) is 0 Å². The van der Waals surface area contributed by atoms with E-state index in [1.165, 1.54) is 6.07 Å². The van der Waals surface area contributed by atoms with Crippen LogP contribution in [0.3, 0.4) is 0 Å². The molecule has 1 aliphatic rings. The van der Waals surface area contributed by atoms with Crippen LogP contribution in [0.4, 0.5) is 4.39 Å². The van der Waals surface area contributed by atoms with E-state index < -0.39 is 6.10 Å². The van der Waals surface area contributed by atoms with Crippen molar-refractivity contribution >= 4 is 33.5 Å². The highest BCUT2D eigenvalue weighted by atomic mass is 127. The van der Waals surface area contributed by atoms with E-state index in [4.69, 9.17) is 0 Å². The summed E-state index contributed by atoms with van der Waals surface area (Å²) >= 11 is 2.23. The number of aromatic nitrogens is 1. The van der Waals surface area contributed by atoms with Gasteiger partial charge in [0.1, 0.15) is 11.3 Å². The second kappa shape index (κ2) is 3.88. The number of benzene rings is 1. The minimum Gasteiger partial charge on any atom is -0.387 e. The fourth-order valence-electron chi connectivity index (χ4n) is 2.41. The number of halogens is 2. The van der Waals surface area contributed by atoms with Crippen molar-refractivity contribution < 1.29 is 9.50 Å². The Morgan fingerprint density at radius 3 is 3.00 bits per heavy atom. The normalized spacial score (nSPS) is 18.7. The Bertz CT molecular complexity index is 627. The van der Waals surface area contributed by atoms with Crippen LogP contribution in [0.5, 0.6) is 0 Å². The average Bonchev–Trinajstić information content (AvgIpc) is 2.63. The second-order valence-electron chi connectivity index (χ2n) is 4.49. The van der Waals surface area contributed by atoms with Crippen molar-refractivity contribution in [3.63, 3.8) is 0 Å². The third kappa shape index (κ3) is 1.65. The van der Waals surface area contributed by atoms with Gasteiger partial charge in [-0.05, 0) is 65.6 Å². The second-order valence-corrected chi connectivity index (χ2v) is 5.57. The SMILES string of the molecule is Cc1cc(F)c2nc3c(c(I)c2c1)CCC3O. The smallest absolute Gasteiger partial charge is 0.149 e. The summed E-state index contributed by atoms with van der Waals surface area (Å²) in [5.41, 5.74) is 3.01. The maximum absolute atomic E-state index is 13.9. The van der Waals surface area contributed by atoms with E-state index in [0.29, 0.717) is 17.6 Å². The summed E-state index contributed by atoms with van der Waals surface area (Å²) in [5, 5.41) is 10.7. The molecule has 88 valence electrons. The summed E-state index contributed by atoms with van der Waals surface area (Å²) in [6.45, 7) is 1.88. The van der Waals surface area contributed by atoms with Gasteiger partial charge in [0.25, 0.3) is 0 Å². The van der Waals surface area contributed by atoms with Crippen molar-refractivity contribution in [1.82, 2.24) is 4.98 Å². The molecule has 0 saturated heterocycles. The van der Waals surface area contributed by atoms with E-state index in [1.807, 2.05) is 13.0 Å². The summed E-state index contributed by atoms with van der Waals surface area (Å²) in [6.07, 6.45) is 0.978. The average molecular weight is 343 g/mol. The number of hydrogen-bond acceptors (Lipinski definition) is 2. The van der Waals surface area contributed by atoms with Crippen molar-refractivity contribution in [2.45, 2.75) is 25.9 Å². The highest BCUT2D eigenvalue weighted by Gasteiger charge is 2.26. The maximum Gasteiger partial charge on any atom is 0.149 e. The molecule has 2 aromatic rings. The van der Waals surface area contributed by atoms with Gasteiger partial charge in [-0.2, -0.15) is 0 Å². The molecule has 0 radical (unpaired) electrons. The molecule has 3 rings (SSSR count). The molecule has 1 heterocycles. The minimum atomic E-state index is -0.538. The van der Waals surface area contributed by atoms with E-state index in [-0.39, 0.29) is 5.82 Å². The van der Waals surface area contributed by atoms with Crippen LogP contribution in [-0.2, 0) is 6.42 Å². The predicted octanol–water partition coefficient (Wildman–Crippen LogP) is 3.27. The van der Waals surface area contributed by atoms with Gasteiger partial charge in [-0.3, -0.25) is 0 Å². The molecule has 1 aromatic carbocycles. The molecular formula is C13H11FINO. The van der Waals surface area contributed by atoms with Gasteiger partial charge in [-0.1, -0.05) is 0 Å². The number of nitrogens with zero attached hydrogens (tertiary/aromatic N) is 1. The van der Waals surface area contributed by atoms with Crippen LogP contribution in [0.1, 0.15) is 29.3 Å². The van der Waals surface area contributed by atoms with Gasteiger partial charge >= 0.3 is 0 Å². The monoisotopic (exact) mass is 343 g/mol. The van der Waals surface area contributed by atoms with Crippen LogP contribution >= 0.6 is 22.6 Å². The first-order chi connectivity index (χ1) is 8.08. The molecule has 2 nitrogen and oxygen atoms in total. The minimum absolute atomic E-state index is 0.306. The first-order valence-corrected chi connectivity index (χ1v) is 6.62. The van der Waals surface area contributed by atoms with Crippen molar-refractivity contribution in [3.05, 3.63) is 38.3 Å². The standard InChI is InChI=1S/C13H11FINO/c1-6-4-8-11(15)7-2-3-10(17)13(7)16-12(8)9(14)5-6/h4-5,10,17H,2-3H2,1H3. The summed E-state index contributed by atoms with van der Waals surface area (Å²) in [6, 6.07) is 3.44. The van der Waals surface area contributed by atoms with Crippen LogP contribution in [0.15, 0.2) is 12.1 Å². The molecule has 1 unspecified atom stereocenters. The molecule has 0 amide bonds. The number of aryl methyl sites for hydroxylation is 1. The molecule has 0 aliphatic heterocycles. The van der Waals surface area contributed by atoms with Crippen molar-refractivity contribution in [2.75, 3.05) is 0 Å². The number of fused-ring (bicyclic) bond motifs is 2. The molecule has 0 saturated carbocycles. The zero-order valence-electron chi connectivity index (χ0n) is 9.30. The van der Waals surface area contributed by atoms with Gasteiger partial charge in [0.05, 0.1) is 11.8 Å². The van der Waals surface area contributed by atoms with Crippen LogP contribution in [0.2, 0.25) is 0 Å². The summed E-state index contributed by atoms with van der Waals surface area (Å²) in [7, 11) is 0. The first-order valence-electron chi connectivity index (χ1n) is 5.54. The van der Waals surface area contributed by atoms with E-state index in [1.54, 1.807) is 0 Å². The zero-order chi connectivity index (χ0) is 12.2. The molecule has 4 heteroatoms. The Labute approximate surface area is 112 Å². The van der Waals surface area contributed by atoms with E-state index in [2.05, 4.69) is 27.6 Å². The summed E-state index contributed by atoms with van der Waals surface area (Å²) < 4.78 is 14.9. The fraction of sp³-hybridized carbons (Fsp3) is 0.308. The lowest BCUT2D eigenvalue weighted by atomic mass is 10.1. The third-order valence-corrected chi connectivity index (χ3v) is 4.47. The predicted molar refractivity (Wildman–Crippen MR) is 72.4 cm³/mol. The van der Waals surface area contributed by atoms with Gasteiger partial charge in [-0.25, -0.2) is 9.37 Å². The molecule has 1 aromatic heterocycles. The number of hydrogen-bond donors (Lipinski definition) is 1. The van der Waals surface area contributed by atoms with Crippen LogP contribution < -0.4 is 0 Å². The van der Waals surface area contributed by atoms with Gasteiger partial charge in [-0.15, -0.1) is 0 Å². The van der Waals surface area contributed by atoms with Crippen LogP contribution in [-0.4, -0.2) is 10.1 Å². The van der Waals surface area contributed by atoms with Crippen molar-refractivity contribution in [3.8, 4) is 0 Å². The third-order valence-electron chi connectivity index (χ3n) is 3.23. The Kier molecular flexibility index (Phi) is 2.59. The lowest BCUT2D eigenvalue weighted by Gasteiger charge is -2.10. The molecule has 1 atom stereocenters. The molecule has 0 bridgehead atoms. The van der Waals surface area contributed by atoms with Gasteiger partial charge in [0.2, 0.25) is 0 Å². The number of pyridine rings is 1. The van der Waals surface area contributed by atoms with E-state index >= 15 is 0 Å². The highest BCUT2D eigenvalue weighted by Crippen LogP contribution is 2.36. The number of aliphatic hydroxyl groups is 1. The molecule has 17 heavy (non-hydrogen) atoms. The summed E-state index contributed by atoms with van der Waals surface area (Å²) in [4.78, 5) is 4.31. The highest BCUT2D eigenvalue weighted by molar-refractivity contribution is 14.1. The number of rotatable bonds is 0. The molecule has 1 aliphatic carbocycles. The Morgan fingerprint density at radius 2 is 2.24 bits per heavy atom. The Balaban J connectivity index is 2.44. The topological polar surface area (TPSA) is 33.1 Å². The van der Waals surface area contributed by atoms with Crippen LogP contribution in [0.25, 0.3) is 10.9 Å². The Morgan fingerprint density at radius 1 is 1.47 bits per heavy atom. The van der Waals surface area contributed by atoms with Gasteiger partial charge < -0.3 is 5.11 Å².